The van der Waals surface area contributed by atoms with Crippen molar-refractivity contribution in [3.8, 4) is 11.5 Å². The summed E-state index contributed by atoms with van der Waals surface area (Å²) in [6, 6.07) is 0. The molecule has 0 N–H and O–H groups in total. The molecule has 0 aliphatic rings. The lowest BCUT2D eigenvalue weighted by atomic mass is 9.89. The summed E-state index contributed by atoms with van der Waals surface area (Å²) < 4.78 is 12.1. The molecule has 2 nitrogen and oxygen atoms in total. The second kappa shape index (κ2) is 4.99. The van der Waals surface area contributed by atoms with Crippen LogP contribution in [0.3, 0.4) is 0 Å². The van der Waals surface area contributed by atoms with Crippen molar-refractivity contribution in [3.05, 3.63) is 0 Å². The average molecular weight is 272 g/mol. The van der Waals surface area contributed by atoms with E-state index in [1.165, 1.54) is 0 Å². The van der Waals surface area contributed by atoms with Crippen molar-refractivity contribution < 1.29 is 9.00 Å². The zero-order valence-electron chi connectivity index (χ0n) is 12.2. The molecule has 0 rings (SSSR count). The Kier molecular flexibility index (Phi) is 4.83. The molecule has 0 aliphatic carbocycles. The third kappa shape index (κ3) is 6.09. The summed E-state index contributed by atoms with van der Waals surface area (Å²) in [7, 11) is -3.87. The Hall–Kier alpha value is -0.533. The standard InChI is InChI=1S/C13H24O2SSi/c1-13(2,3)12(14)11(16(4,5)15)9-10-17(6,7)8/h1-8H3. The molecule has 0 aromatic heterocycles. The molecule has 0 fully saturated rings. The summed E-state index contributed by atoms with van der Waals surface area (Å²) in [6.07, 6.45) is 3.18. The molecule has 0 radical (unpaired) electrons. The van der Waals surface area contributed by atoms with Gasteiger partial charge in [0.25, 0.3) is 0 Å². The van der Waals surface area contributed by atoms with Gasteiger partial charge in [-0.1, -0.05) is 46.3 Å². The molecule has 0 atom stereocenters. The molecular weight excluding hydrogens is 248 g/mol. The number of hydrogen-bond acceptors (Lipinski definition) is 2. The second-order valence-electron chi connectivity index (χ2n) is 6.64. The van der Waals surface area contributed by atoms with Crippen LogP contribution in [0.1, 0.15) is 20.8 Å². The van der Waals surface area contributed by atoms with Crippen LogP contribution in [0.25, 0.3) is 0 Å². The minimum absolute atomic E-state index is 0.0988. The van der Waals surface area contributed by atoms with E-state index in [0.29, 0.717) is 4.86 Å². The summed E-state index contributed by atoms with van der Waals surface area (Å²) in [6.45, 7) is 11.8. The monoisotopic (exact) mass is 272 g/mol. The van der Waals surface area contributed by atoms with E-state index in [-0.39, 0.29) is 5.78 Å². The number of carbonyl (C=O) groups is 1. The molecule has 0 spiro atoms. The van der Waals surface area contributed by atoms with Crippen molar-refractivity contribution >= 4 is 28.2 Å². The summed E-state index contributed by atoms with van der Waals surface area (Å²) in [5.41, 5.74) is 2.60. The fourth-order valence-electron chi connectivity index (χ4n) is 0.988. The Bertz CT molecular complexity index is 476. The molecule has 0 saturated carbocycles. The van der Waals surface area contributed by atoms with Gasteiger partial charge in [-0.3, -0.25) is 9.00 Å². The largest absolute Gasteiger partial charge is 0.292 e. The number of ketones is 1. The Balaban J connectivity index is 5.79. The van der Waals surface area contributed by atoms with E-state index in [0.717, 1.165) is 0 Å². The molecule has 4 heteroatoms. The topological polar surface area (TPSA) is 34.1 Å². The minimum Gasteiger partial charge on any atom is -0.292 e. The zero-order chi connectivity index (χ0) is 14.1. The summed E-state index contributed by atoms with van der Waals surface area (Å²) in [4.78, 5) is 12.5. The Morgan fingerprint density at radius 3 is 1.76 bits per heavy atom. The lowest BCUT2D eigenvalue weighted by Crippen LogP contribution is -2.32. The van der Waals surface area contributed by atoms with Crippen LogP contribution in [0.5, 0.6) is 0 Å². The van der Waals surface area contributed by atoms with Crippen molar-refractivity contribution in [1.82, 2.24) is 0 Å². The second-order valence-corrected chi connectivity index (χ2v) is 14.3. The molecule has 0 saturated heterocycles. The van der Waals surface area contributed by atoms with Crippen molar-refractivity contribution in [3.63, 3.8) is 0 Å². The van der Waals surface area contributed by atoms with E-state index >= 15 is 0 Å². The van der Waals surface area contributed by atoms with Gasteiger partial charge in [-0.05, 0) is 9.52 Å². The lowest BCUT2D eigenvalue weighted by Gasteiger charge is -2.17. The highest BCUT2D eigenvalue weighted by Gasteiger charge is 2.27. The van der Waals surface area contributed by atoms with Gasteiger partial charge in [-0.2, -0.15) is 0 Å². The van der Waals surface area contributed by atoms with E-state index in [1.807, 2.05) is 20.8 Å². The highest BCUT2D eigenvalue weighted by molar-refractivity contribution is 8.02. The molecule has 98 valence electrons. The minimum atomic E-state index is -2.30. The number of carbonyl (C=O) groups excluding carboxylic acids is 1. The average Bonchev–Trinajstić information content (AvgIpc) is 1.97. The molecule has 0 bridgehead atoms. The third-order valence-corrected chi connectivity index (χ3v) is 4.08. The van der Waals surface area contributed by atoms with E-state index in [9.17, 15) is 9.00 Å². The molecule has 17 heavy (non-hydrogen) atoms. The number of hydrogen-bond donors (Lipinski definition) is 0. The zero-order valence-corrected chi connectivity index (χ0v) is 14.0. The third-order valence-electron chi connectivity index (χ3n) is 1.93. The highest BCUT2D eigenvalue weighted by atomic mass is 32.2. The highest BCUT2D eigenvalue weighted by Crippen LogP contribution is 2.16. The van der Waals surface area contributed by atoms with Crippen molar-refractivity contribution in [2.75, 3.05) is 12.5 Å². The SMILES string of the molecule is CC(C)(C)C(=O)C(C#C[Si](C)(C)C)=S(C)(C)=O. The maximum absolute atomic E-state index is 12.2. The van der Waals surface area contributed by atoms with Crippen molar-refractivity contribution in [2.24, 2.45) is 5.41 Å². The molecule has 0 aliphatic heterocycles. The number of rotatable bonds is 1. The van der Waals surface area contributed by atoms with Crippen LogP contribution in [0.15, 0.2) is 0 Å². The Morgan fingerprint density at radius 2 is 1.53 bits per heavy atom. The van der Waals surface area contributed by atoms with Gasteiger partial charge in [0.05, 0.1) is 0 Å². The van der Waals surface area contributed by atoms with E-state index < -0.39 is 23.0 Å². The van der Waals surface area contributed by atoms with Crippen molar-refractivity contribution in [2.45, 2.75) is 40.4 Å². The predicted molar refractivity (Wildman–Crippen MR) is 80.6 cm³/mol. The first kappa shape index (κ1) is 16.5. The van der Waals surface area contributed by atoms with Crippen LogP contribution in [-0.4, -0.2) is 35.4 Å². The van der Waals surface area contributed by atoms with Gasteiger partial charge >= 0.3 is 0 Å². The van der Waals surface area contributed by atoms with Gasteiger partial charge in [-0.25, -0.2) is 0 Å². The van der Waals surface area contributed by atoms with E-state index in [2.05, 4.69) is 31.1 Å². The molecule has 0 aromatic rings. The summed E-state index contributed by atoms with van der Waals surface area (Å²) >= 11 is 0. The maximum Gasteiger partial charge on any atom is 0.184 e. The van der Waals surface area contributed by atoms with Crippen LogP contribution in [0, 0.1) is 16.9 Å². The van der Waals surface area contributed by atoms with E-state index in [4.69, 9.17) is 0 Å². The van der Waals surface area contributed by atoms with Gasteiger partial charge in [0.2, 0.25) is 0 Å². The Labute approximate surface area is 107 Å². The lowest BCUT2D eigenvalue weighted by molar-refractivity contribution is -0.119. The summed E-state index contributed by atoms with van der Waals surface area (Å²) in [5, 5.41) is 0. The van der Waals surface area contributed by atoms with Gasteiger partial charge in [0, 0.05) is 17.9 Å². The smallest absolute Gasteiger partial charge is 0.184 e. The molecule has 0 amide bonds. The first-order valence-electron chi connectivity index (χ1n) is 5.64. The normalized spacial score (nSPS) is 12.7. The fourth-order valence-corrected chi connectivity index (χ4v) is 2.63. The van der Waals surface area contributed by atoms with Crippen LogP contribution >= 0.6 is 0 Å². The predicted octanol–water partition coefficient (Wildman–Crippen LogP) is 2.20. The quantitative estimate of drug-likeness (QED) is 0.417. The Morgan fingerprint density at radius 1 is 1.12 bits per heavy atom. The van der Waals surface area contributed by atoms with Crippen LogP contribution in [-0.2, 0) is 14.3 Å². The molecule has 0 aromatic carbocycles. The first-order chi connectivity index (χ1) is 7.25. The van der Waals surface area contributed by atoms with Gasteiger partial charge in [0.1, 0.15) is 12.9 Å². The van der Waals surface area contributed by atoms with E-state index in [1.54, 1.807) is 12.5 Å². The maximum atomic E-state index is 12.2. The van der Waals surface area contributed by atoms with Crippen LogP contribution < -0.4 is 0 Å². The van der Waals surface area contributed by atoms with Crippen LogP contribution in [0.4, 0.5) is 0 Å². The van der Waals surface area contributed by atoms with Gasteiger partial charge in [0.15, 0.2) is 5.78 Å². The fraction of sp³-hybridized carbons (Fsp3) is 0.692. The van der Waals surface area contributed by atoms with Gasteiger partial charge < -0.3 is 0 Å². The molecular formula is C13H24O2SSi. The molecule has 0 unspecified atom stereocenters. The number of Topliss-reactive ketones (excluding diaryl/α,β-unsaturated/α-hetero) is 1. The first-order valence-corrected chi connectivity index (χ1v) is 11.5. The van der Waals surface area contributed by atoms with Crippen molar-refractivity contribution in [1.29, 1.82) is 0 Å². The van der Waals surface area contributed by atoms with Gasteiger partial charge in [-0.15, -0.1) is 5.54 Å². The summed E-state index contributed by atoms with van der Waals surface area (Å²) in [5.74, 6) is 2.81. The molecule has 0 heterocycles. The van der Waals surface area contributed by atoms with Crippen LogP contribution in [0.2, 0.25) is 19.6 Å².